The van der Waals surface area contributed by atoms with Crippen molar-refractivity contribution in [3.05, 3.63) is 90.1 Å². The molecule has 2 N–H and O–H groups in total. The van der Waals surface area contributed by atoms with Gasteiger partial charge in [0, 0.05) is 5.70 Å². The fourth-order valence-electron chi connectivity index (χ4n) is 2.34. The number of carbonyl (C=O) groups excluding carboxylic acids is 1. The van der Waals surface area contributed by atoms with Gasteiger partial charge in [0.1, 0.15) is 0 Å². The Kier molecular flexibility index (Phi) is 5.69. The van der Waals surface area contributed by atoms with Gasteiger partial charge in [-0.15, -0.1) is 5.10 Å². The van der Waals surface area contributed by atoms with Crippen LogP contribution >= 0.6 is 11.8 Å². The van der Waals surface area contributed by atoms with E-state index in [-0.39, 0.29) is 11.2 Å². The zero-order chi connectivity index (χ0) is 17.5. The first-order chi connectivity index (χ1) is 12.2. The number of carbonyl (C=O) groups is 1. The highest BCUT2D eigenvalue weighted by atomic mass is 32.2. The Labute approximate surface area is 151 Å². The molecule has 0 bridgehead atoms. The van der Waals surface area contributed by atoms with Crippen molar-refractivity contribution in [2.75, 3.05) is 0 Å². The fourth-order valence-corrected chi connectivity index (χ4v) is 3.31. The molecular formula is C20H19N3OS. The van der Waals surface area contributed by atoms with E-state index in [0.717, 1.165) is 11.1 Å². The third kappa shape index (κ3) is 5.09. The van der Waals surface area contributed by atoms with Gasteiger partial charge in [-0.3, -0.25) is 10.2 Å². The van der Waals surface area contributed by atoms with E-state index in [1.807, 2.05) is 72.8 Å². The Morgan fingerprint density at radius 1 is 1.16 bits per heavy atom. The maximum absolute atomic E-state index is 12.1. The molecule has 25 heavy (non-hydrogen) atoms. The molecule has 0 saturated carbocycles. The lowest BCUT2D eigenvalue weighted by molar-refractivity contribution is -0.118. The third-order valence-electron chi connectivity index (χ3n) is 3.62. The molecule has 1 amide bonds. The van der Waals surface area contributed by atoms with Gasteiger partial charge in [-0.25, -0.2) is 0 Å². The van der Waals surface area contributed by atoms with Gasteiger partial charge in [0.15, 0.2) is 5.17 Å². The second-order valence-corrected chi connectivity index (χ2v) is 6.77. The van der Waals surface area contributed by atoms with E-state index in [1.54, 1.807) is 0 Å². The normalized spacial score (nSPS) is 18.5. The maximum atomic E-state index is 12.1. The molecule has 4 nitrogen and oxygen atoms in total. The van der Waals surface area contributed by atoms with E-state index < -0.39 is 0 Å². The van der Waals surface area contributed by atoms with Crippen LogP contribution in [0, 0.1) is 0 Å². The number of rotatable bonds is 6. The maximum Gasteiger partial charge on any atom is 0.239 e. The molecule has 1 atom stereocenters. The van der Waals surface area contributed by atoms with Crippen molar-refractivity contribution in [1.29, 1.82) is 0 Å². The average molecular weight is 349 g/mol. The van der Waals surface area contributed by atoms with Crippen LogP contribution in [0.1, 0.15) is 11.1 Å². The van der Waals surface area contributed by atoms with E-state index in [1.165, 1.54) is 11.8 Å². The minimum Gasteiger partial charge on any atom is -0.303 e. The molecule has 1 unspecified atom stereocenters. The SMILES string of the molecule is C=C(C=Cc1ccccc1)NN=C1NC(=O)C(Cc2ccccc2)S1. The van der Waals surface area contributed by atoms with Crippen LogP contribution in [0.5, 0.6) is 0 Å². The van der Waals surface area contributed by atoms with Crippen molar-refractivity contribution in [2.45, 2.75) is 11.7 Å². The highest BCUT2D eigenvalue weighted by Gasteiger charge is 2.30. The van der Waals surface area contributed by atoms with Crippen LogP contribution in [0.15, 0.2) is 84.1 Å². The second kappa shape index (κ2) is 8.35. The molecule has 0 aliphatic carbocycles. The smallest absolute Gasteiger partial charge is 0.239 e. The number of nitrogens with one attached hydrogen (secondary N) is 2. The zero-order valence-corrected chi connectivity index (χ0v) is 14.5. The van der Waals surface area contributed by atoms with Gasteiger partial charge in [0.05, 0.1) is 5.25 Å². The summed E-state index contributed by atoms with van der Waals surface area (Å²) in [6, 6.07) is 19.9. The van der Waals surface area contributed by atoms with Gasteiger partial charge < -0.3 is 5.32 Å². The number of hydrogen-bond donors (Lipinski definition) is 2. The molecule has 126 valence electrons. The van der Waals surface area contributed by atoms with Gasteiger partial charge in [-0.1, -0.05) is 85.1 Å². The van der Waals surface area contributed by atoms with Crippen LogP contribution in [-0.4, -0.2) is 16.3 Å². The summed E-state index contributed by atoms with van der Waals surface area (Å²) in [4.78, 5) is 12.1. The summed E-state index contributed by atoms with van der Waals surface area (Å²) in [5.74, 6) is -0.0140. The minimum atomic E-state index is -0.156. The molecule has 1 heterocycles. The lowest BCUT2D eigenvalue weighted by Crippen LogP contribution is -2.26. The molecule has 1 aliphatic rings. The average Bonchev–Trinajstić information content (AvgIpc) is 2.99. The highest BCUT2D eigenvalue weighted by Crippen LogP contribution is 2.23. The number of amidine groups is 1. The van der Waals surface area contributed by atoms with Crippen LogP contribution in [0.3, 0.4) is 0 Å². The Morgan fingerprint density at radius 3 is 2.56 bits per heavy atom. The van der Waals surface area contributed by atoms with Crippen LogP contribution < -0.4 is 10.7 Å². The number of allylic oxidation sites excluding steroid dienone is 1. The number of nitrogens with zero attached hydrogens (tertiary/aromatic N) is 1. The first kappa shape index (κ1) is 17.0. The fraction of sp³-hybridized carbons (Fsp3) is 0.100. The molecule has 0 aromatic heterocycles. The Balaban J connectivity index is 1.53. The summed E-state index contributed by atoms with van der Waals surface area (Å²) >= 11 is 1.43. The molecule has 5 heteroatoms. The van der Waals surface area contributed by atoms with E-state index >= 15 is 0 Å². The largest absolute Gasteiger partial charge is 0.303 e. The lowest BCUT2D eigenvalue weighted by atomic mass is 10.1. The second-order valence-electron chi connectivity index (χ2n) is 5.58. The number of amides is 1. The molecule has 0 radical (unpaired) electrons. The Morgan fingerprint density at radius 2 is 1.84 bits per heavy atom. The molecule has 0 spiro atoms. The zero-order valence-electron chi connectivity index (χ0n) is 13.7. The number of hydrazone groups is 1. The molecule has 1 aliphatic heterocycles. The predicted molar refractivity (Wildman–Crippen MR) is 105 cm³/mol. The summed E-state index contributed by atoms with van der Waals surface area (Å²) in [7, 11) is 0. The third-order valence-corrected chi connectivity index (χ3v) is 4.70. The van der Waals surface area contributed by atoms with Crippen LogP contribution in [-0.2, 0) is 11.2 Å². The standard InChI is InChI=1S/C20H19N3OS/c1-15(12-13-16-8-4-2-5-9-16)22-23-20-21-19(24)18(25-20)14-17-10-6-3-7-11-17/h2-13,18,22H,1,14H2,(H,21,23,24). The van der Waals surface area contributed by atoms with Gasteiger partial charge in [-0.2, -0.15) is 0 Å². The summed E-state index contributed by atoms with van der Waals surface area (Å²) < 4.78 is 0. The monoisotopic (exact) mass is 349 g/mol. The van der Waals surface area contributed by atoms with Crippen molar-refractivity contribution in [1.82, 2.24) is 10.7 Å². The lowest BCUT2D eigenvalue weighted by Gasteiger charge is -2.04. The van der Waals surface area contributed by atoms with Gasteiger partial charge in [0.2, 0.25) is 5.91 Å². The van der Waals surface area contributed by atoms with E-state index in [9.17, 15) is 4.79 Å². The summed E-state index contributed by atoms with van der Waals surface area (Å²) in [6.07, 6.45) is 4.49. The van der Waals surface area contributed by atoms with Gasteiger partial charge in [-0.05, 0) is 23.6 Å². The van der Waals surface area contributed by atoms with Gasteiger partial charge in [0.25, 0.3) is 0 Å². The predicted octanol–water partition coefficient (Wildman–Crippen LogP) is 3.55. The molecule has 2 aromatic carbocycles. The first-order valence-electron chi connectivity index (χ1n) is 7.98. The van der Waals surface area contributed by atoms with E-state index in [4.69, 9.17) is 0 Å². The summed E-state index contributed by atoms with van der Waals surface area (Å²) in [5, 5.41) is 7.44. The topological polar surface area (TPSA) is 53.5 Å². The van der Waals surface area contributed by atoms with Gasteiger partial charge >= 0.3 is 0 Å². The molecule has 1 saturated heterocycles. The number of benzene rings is 2. The van der Waals surface area contributed by atoms with Crippen molar-refractivity contribution in [2.24, 2.45) is 5.10 Å². The molecule has 2 aromatic rings. The van der Waals surface area contributed by atoms with Crippen molar-refractivity contribution in [3.63, 3.8) is 0 Å². The van der Waals surface area contributed by atoms with Crippen molar-refractivity contribution >= 4 is 28.9 Å². The van der Waals surface area contributed by atoms with Crippen LogP contribution in [0.2, 0.25) is 0 Å². The molecule has 1 fully saturated rings. The number of thioether (sulfide) groups is 1. The van der Waals surface area contributed by atoms with Crippen LogP contribution in [0.25, 0.3) is 6.08 Å². The Hall–Kier alpha value is -2.79. The summed E-state index contributed by atoms with van der Waals surface area (Å²) in [5.41, 5.74) is 5.75. The minimum absolute atomic E-state index is 0.0140. The summed E-state index contributed by atoms with van der Waals surface area (Å²) in [6.45, 7) is 3.91. The van der Waals surface area contributed by atoms with Crippen LogP contribution in [0.4, 0.5) is 0 Å². The van der Waals surface area contributed by atoms with E-state index in [0.29, 0.717) is 17.3 Å². The Bertz CT molecular complexity index is 800. The first-order valence-corrected chi connectivity index (χ1v) is 8.86. The van der Waals surface area contributed by atoms with Crippen molar-refractivity contribution in [3.8, 4) is 0 Å². The highest BCUT2D eigenvalue weighted by molar-refractivity contribution is 8.15. The van der Waals surface area contributed by atoms with E-state index in [2.05, 4.69) is 22.4 Å². The quantitative estimate of drug-likeness (QED) is 0.619. The molecule has 3 rings (SSSR count). The molecular weight excluding hydrogens is 330 g/mol. The number of hydrogen-bond acceptors (Lipinski definition) is 4. The van der Waals surface area contributed by atoms with Crippen molar-refractivity contribution < 1.29 is 4.79 Å².